The molecule has 0 spiro atoms. The number of fused-ring (bicyclic) bond motifs is 1. The topological polar surface area (TPSA) is 62.6 Å². The maximum Gasteiger partial charge on any atom is 0.338 e. The Balaban J connectivity index is 1.87. The molecule has 0 unspecified atom stereocenters. The second kappa shape index (κ2) is 11.3. The van der Waals surface area contributed by atoms with Gasteiger partial charge < -0.3 is 18.8 Å². The molecule has 0 saturated carbocycles. The number of halogens is 1. The first kappa shape index (κ1) is 25.9. The van der Waals surface area contributed by atoms with E-state index < -0.39 is 0 Å². The van der Waals surface area contributed by atoms with Crippen molar-refractivity contribution < 1.29 is 19.0 Å². The van der Waals surface area contributed by atoms with E-state index in [0.29, 0.717) is 37.0 Å². The van der Waals surface area contributed by atoms with Crippen LogP contribution in [0.5, 0.6) is 5.75 Å². The van der Waals surface area contributed by atoms with Gasteiger partial charge in [-0.05, 0) is 58.1 Å². The highest BCUT2D eigenvalue weighted by Gasteiger charge is 2.22. The maximum atomic E-state index is 12.1. The fourth-order valence-corrected chi connectivity index (χ4v) is 4.87. The molecule has 0 aliphatic heterocycles. The molecule has 1 heterocycles. The predicted molar refractivity (Wildman–Crippen MR) is 147 cm³/mol. The molecule has 3 aromatic carbocycles. The van der Waals surface area contributed by atoms with Crippen molar-refractivity contribution in [2.45, 2.75) is 33.2 Å². The summed E-state index contributed by atoms with van der Waals surface area (Å²) in [4.78, 5) is 17.2. The quantitative estimate of drug-likeness (QED) is 0.208. The molecule has 1 aromatic heterocycles. The van der Waals surface area contributed by atoms with Crippen molar-refractivity contribution in [1.29, 1.82) is 0 Å². The highest BCUT2D eigenvalue weighted by Crippen LogP contribution is 2.42. The molecule has 188 valence electrons. The summed E-state index contributed by atoms with van der Waals surface area (Å²) >= 11 is 3.82. The van der Waals surface area contributed by atoms with Gasteiger partial charge in [-0.2, -0.15) is 0 Å². The number of ether oxygens (including phenoxy) is 3. The van der Waals surface area contributed by atoms with Gasteiger partial charge in [-0.1, -0.05) is 50.2 Å². The third-order valence-electron chi connectivity index (χ3n) is 6.20. The molecule has 4 rings (SSSR count). The molecule has 7 heteroatoms. The average molecular weight is 551 g/mol. The van der Waals surface area contributed by atoms with E-state index in [4.69, 9.17) is 19.2 Å². The minimum absolute atomic E-state index is 0.332. The number of hydrogen-bond acceptors (Lipinski definition) is 5. The largest absolute Gasteiger partial charge is 0.494 e. The number of carbonyl (C=O) groups excluding carboxylic acids is 1. The van der Waals surface area contributed by atoms with E-state index in [1.165, 1.54) is 5.56 Å². The Labute approximate surface area is 220 Å². The summed E-state index contributed by atoms with van der Waals surface area (Å²) in [5, 5.41) is 0. The highest BCUT2D eigenvalue weighted by molar-refractivity contribution is 9.10. The van der Waals surface area contributed by atoms with Gasteiger partial charge in [-0.25, -0.2) is 9.78 Å². The molecule has 0 saturated heterocycles. The van der Waals surface area contributed by atoms with Gasteiger partial charge in [0.2, 0.25) is 0 Å². The van der Waals surface area contributed by atoms with Crippen LogP contribution in [0.25, 0.3) is 33.5 Å². The van der Waals surface area contributed by atoms with Crippen LogP contribution in [-0.4, -0.2) is 43.0 Å². The fraction of sp³-hybridized carbons (Fsp3) is 0.310. The van der Waals surface area contributed by atoms with Gasteiger partial charge in [-0.15, -0.1) is 0 Å². The van der Waals surface area contributed by atoms with Crippen molar-refractivity contribution in [2.75, 3.05) is 27.4 Å². The molecule has 36 heavy (non-hydrogen) atoms. The minimum atomic E-state index is -0.332. The molecule has 0 aliphatic rings. The van der Waals surface area contributed by atoms with Gasteiger partial charge in [0, 0.05) is 24.8 Å². The summed E-state index contributed by atoms with van der Waals surface area (Å²) in [7, 11) is 3.36. The fourth-order valence-electron chi connectivity index (χ4n) is 4.25. The number of nitrogens with zero attached hydrogens (tertiary/aromatic N) is 2. The van der Waals surface area contributed by atoms with Crippen molar-refractivity contribution in [1.82, 2.24) is 9.55 Å². The number of hydrogen-bond donors (Lipinski definition) is 0. The Bertz CT molecular complexity index is 1360. The second-order valence-corrected chi connectivity index (χ2v) is 9.58. The summed E-state index contributed by atoms with van der Waals surface area (Å²) in [6, 6.07) is 17.9. The van der Waals surface area contributed by atoms with Crippen LogP contribution < -0.4 is 4.74 Å². The number of aromatic nitrogens is 2. The molecule has 0 fully saturated rings. The van der Waals surface area contributed by atoms with Crippen molar-refractivity contribution in [3.05, 3.63) is 70.2 Å². The SMILES string of the molecule is CCOC(=O)c1ccc(-c2cc(OC)c3c(nc(-c4ccc(C(C)C)cc4)n3CCOC)c2Br)cc1. The first-order valence-electron chi connectivity index (χ1n) is 12.0. The Morgan fingerprint density at radius 3 is 2.28 bits per heavy atom. The predicted octanol–water partition coefficient (Wildman–Crippen LogP) is 7.09. The summed E-state index contributed by atoms with van der Waals surface area (Å²) in [5.74, 6) is 1.69. The summed E-state index contributed by atoms with van der Waals surface area (Å²) in [6.07, 6.45) is 0. The van der Waals surface area contributed by atoms with E-state index in [9.17, 15) is 4.79 Å². The zero-order valence-corrected chi connectivity index (χ0v) is 22.9. The van der Waals surface area contributed by atoms with Crippen LogP contribution in [0.15, 0.2) is 59.1 Å². The average Bonchev–Trinajstić information content (AvgIpc) is 3.28. The maximum absolute atomic E-state index is 12.1. The van der Waals surface area contributed by atoms with Gasteiger partial charge >= 0.3 is 5.97 Å². The first-order valence-corrected chi connectivity index (χ1v) is 12.8. The van der Waals surface area contributed by atoms with Crippen molar-refractivity contribution in [3.63, 3.8) is 0 Å². The molecule has 0 atom stereocenters. The zero-order chi connectivity index (χ0) is 25.8. The lowest BCUT2D eigenvalue weighted by Gasteiger charge is -2.14. The number of rotatable bonds is 9. The van der Waals surface area contributed by atoms with Gasteiger partial charge in [0.1, 0.15) is 22.6 Å². The van der Waals surface area contributed by atoms with Crippen LogP contribution in [0.1, 0.15) is 42.6 Å². The summed E-state index contributed by atoms with van der Waals surface area (Å²) in [6.45, 7) is 7.68. The van der Waals surface area contributed by atoms with Crippen LogP contribution >= 0.6 is 15.9 Å². The van der Waals surface area contributed by atoms with Crippen molar-refractivity contribution in [2.24, 2.45) is 0 Å². The third-order valence-corrected chi connectivity index (χ3v) is 7.01. The third kappa shape index (κ3) is 5.04. The molecular weight excluding hydrogens is 520 g/mol. The normalized spacial score (nSPS) is 11.3. The van der Waals surface area contributed by atoms with E-state index in [1.807, 2.05) is 18.2 Å². The van der Waals surface area contributed by atoms with Crippen LogP contribution in [0, 0.1) is 0 Å². The molecule has 0 amide bonds. The van der Waals surface area contributed by atoms with E-state index in [0.717, 1.165) is 38.0 Å². The molecule has 6 nitrogen and oxygen atoms in total. The number of carbonyl (C=O) groups is 1. The number of benzene rings is 3. The Hall–Kier alpha value is -3.16. The standard InChI is InChI=1S/C29H31BrN2O4/c1-6-36-29(33)22-13-9-20(10-14-22)23-17-24(35-5)27-26(25(23)30)31-28(32(27)15-16-34-4)21-11-7-19(8-12-21)18(2)3/h7-14,17-18H,6,15-16H2,1-5H3. The smallest absolute Gasteiger partial charge is 0.338 e. The van der Waals surface area contributed by atoms with Gasteiger partial charge in [-0.3, -0.25) is 0 Å². The van der Waals surface area contributed by atoms with Gasteiger partial charge in [0.15, 0.2) is 0 Å². The zero-order valence-electron chi connectivity index (χ0n) is 21.3. The number of esters is 1. The second-order valence-electron chi connectivity index (χ2n) is 8.79. The molecule has 4 aromatic rings. The van der Waals surface area contributed by atoms with Crippen molar-refractivity contribution in [3.8, 4) is 28.3 Å². The lowest BCUT2D eigenvalue weighted by atomic mass is 10.0. The molecule has 0 N–H and O–H groups in total. The summed E-state index contributed by atoms with van der Waals surface area (Å²) in [5.41, 5.74) is 6.39. The van der Waals surface area contributed by atoms with Crippen LogP contribution in [0.2, 0.25) is 0 Å². The van der Waals surface area contributed by atoms with Gasteiger partial charge in [0.25, 0.3) is 0 Å². The highest BCUT2D eigenvalue weighted by atomic mass is 79.9. The van der Waals surface area contributed by atoms with Gasteiger partial charge in [0.05, 0.1) is 30.4 Å². The molecular formula is C29H31BrN2O4. The van der Waals surface area contributed by atoms with Crippen LogP contribution in [0.3, 0.4) is 0 Å². The lowest BCUT2D eigenvalue weighted by Crippen LogP contribution is -2.07. The van der Waals surface area contributed by atoms with E-state index in [2.05, 4.69) is 58.6 Å². The Kier molecular flexibility index (Phi) is 8.11. The monoisotopic (exact) mass is 550 g/mol. The van der Waals surface area contributed by atoms with E-state index in [1.54, 1.807) is 33.3 Å². The molecule has 0 bridgehead atoms. The Morgan fingerprint density at radius 2 is 1.69 bits per heavy atom. The summed E-state index contributed by atoms with van der Waals surface area (Å²) < 4.78 is 19.4. The van der Waals surface area contributed by atoms with E-state index >= 15 is 0 Å². The van der Waals surface area contributed by atoms with Crippen LogP contribution in [0.4, 0.5) is 0 Å². The van der Waals surface area contributed by atoms with Crippen LogP contribution in [-0.2, 0) is 16.0 Å². The number of imidazole rings is 1. The van der Waals surface area contributed by atoms with E-state index in [-0.39, 0.29) is 5.97 Å². The Morgan fingerprint density at radius 1 is 1.03 bits per heavy atom. The number of methoxy groups -OCH3 is 2. The lowest BCUT2D eigenvalue weighted by molar-refractivity contribution is 0.0526. The van der Waals surface area contributed by atoms with Crippen molar-refractivity contribution >= 4 is 32.9 Å². The molecule has 0 radical (unpaired) electrons. The molecule has 0 aliphatic carbocycles. The minimum Gasteiger partial charge on any atom is -0.494 e. The first-order chi connectivity index (χ1) is 17.4.